The summed E-state index contributed by atoms with van der Waals surface area (Å²) in [6, 6.07) is 7.74. The Bertz CT molecular complexity index is 372. The zero-order valence-corrected chi connectivity index (χ0v) is 10.9. The lowest BCUT2D eigenvalue weighted by atomic mass is 10.1. The van der Waals surface area contributed by atoms with Crippen LogP contribution in [0, 0.1) is 0 Å². The molecular formula is C14H20O4. The minimum Gasteiger partial charge on any atom is -0.491 e. The second kappa shape index (κ2) is 5.69. The first-order valence-corrected chi connectivity index (χ1v) is 6.23. The van der Waals surface area contributed by atoms with E-state index in [1.165, 1.54) is 0 Å². The van der Waals surface area contributed by atoms with Gasteiger partial charge in [-0.1, -0.05) is 12.1 Å². The summed E-state index contributed by atoms with van der Waals surface area (Å²) in [5.74, 6) is 0.309. The molecule has 4 nitrogen and oxygen atoms in total. The molecule has 0 aromatic heterocycles. The Morgan fingerprint density at radius 2 is 2.06 bits per heavy atom. The second-order valence-corrected chi connectivity index (χ2v) is 4.88. The van der Waals surface area contributed by atoms with Crippen LogP contribution < -0.4 is 4.74 Å². The third-order valence-corrected chi connectivity index (χ3v) is 2.83. The summed E-state index contributed by atoms with van der Waals surface area (Å²) in [4.78, 5) is 0. The van der Waals surface area contributed by atoms with Crippen molar-refractivity contribution >= 4 is 0 Å². The van der Waals surface area contributed by atoms with Gasteiger partial charge in [-0.15, -0.1) is 0 Å². The van der Waals surface area contributed by atoms with Crippen LogP contribution >= 0.6 is 0 Å². The van der Waals surface area contributed by atoms with Crippen LogP contribution in [0.2, 0.25) is 0 Å². The van der Waals surface area contributed by atoms with Crippen LogP contribution in [0.4, 0.5) is 0 Å². The number of aliphatic hydroxyl groups excluding tert-OH is 1. The molecule has 100 valence electrons. The van der Waals surface area contributed by atoms with Gasteiger partial charge in [0.25, 0.3) is 0 Å². The molecule has 1 fully saturated rings. The molecule has 1 aliphatic heterocycles. The van der Waals surface area contributed by atoms with Crippen LogP contribution in [-0.4, -0.2) is 36.8 Å². The number of ether oxygens (including phenoxy) is 3. The summed E-state index contributed by atoms with van der Waals surface area (Å²) in [7, 11) is 0. The van der Waals surface area contributed by atoms with Crippen LogP contribution in [0.5, 0.6) is 5.75 Å². The predicted octanol–water partition coefficient (Wildman–Crippen LogP) is 1.75. The highest BCUT2D eigenvalue weighted by Gasteiger charge is 2.32. The summed E-state index contributed by atoms with van der Waals surface area (Å²) in [5.41, 5.74) is 1.10. The van der Waals surface area contributed by atoms with Crippen LogP contribution in [0.1, 0.15) is 19.4 Å². The lowest BCUT2D eigenvalue weighted by Gasteiger charge is -2.17. The highest BCUT2D eigenvalue weighted by molar-refractivity contribution is 5.27. The van der Waals surface area contributed by atoms with E-state index in [9.17, 15) is 0 Å². The van der Waals surface area contributed by atoms with Gasteiger partial charge in [0.05, 0.1) is 6.61 Å². The first kappa shape index (κ1) is 13.3. The van der Waals surface area contributed by atoms with Crippen molar-refractivity contribution in [3.8, 4) is 5.75 Å². The topological polar surface area (TPSA) is 47.9 Å². The van der Waals surface area contributed by atoms with E-state index >= 15 is 0 Å². The zero-order chi connectivity index (χ0) is 13.0. The van der Waals surface area contributed by atoms with Crippen molar-refractivity contribution < 1.29 is 19.3 Å². The van der Waals surface area contributed by atoms with Gasteiger partial charge in [0.1, 0.15) is 18.5 Å². The normalized spacial score (nSPS) is 22.1. The third-order valence-electron chi connectivity index (χ3n) is 2.83. The molecule has 18 heavy (non-hydrogen) atoms. The molecule has 1 heterocycles. The van der Waals surface area contributed by atoms with Gasteiger partial charge in [-0.05, 0) is 38.0 Å². The number of rotatable bonds is 5. The maximum Gasteiger partial charge on any atom is 0.163 e. The van der Waals surface area contributed by atoms with E-state index in [1.54, 1.807) is 0 Å². The molecule has 1 aromatic rings. The lowest BCUT2D eigenvalue weighted by Crippen LogP contribution is -2.25. The molecule has 1 aromatic carbocycles. The minimum absolute atomic E-state index is 0.0166. The SMILES string of the molecule is CC1(C)OCC(COc2ccc(CCO)cc2)O1. The first-order chi connectivity index (χ1) is 8.59. The molecular weight excluding hydrogens is 232 g/mol. The lowest BCUT2D eigenvalue weighted by molar-refractivity contribution is -0.141. The number of benzene rings is 1. The maximum atomic E-state index is 8.82. The fourth-order valence-corrected chi connectivity index (χ4v) is 1.92. The molecule has 0 spiro atoms. The molecule has 0 amide bonds. The van der Waals surface area contributed by atoms with Gasteiger partial charge in [-0.25, -0.2) is 0 Å². The van der Waals surface area contributed by atoms with E-state index in [1.807, 2.05) is 38.1 Å². The highest BCUT2D eigenvalue weighted by Crippen LogP contribution is 2.23. The van der Waals surface area contributed by atoms with Crippen molar-refractivity contribution in [1.29, 1.82) is 0 Å². The Hall–Kier alpha value is -1.10. The molecule has 1 unspecified atom stereocenters. The molecule has 1 N–H and O–H groups in total. The smallest absolute Gasteiger partial charge is 0.163 e. The Morgan fingerprint density at radius 3 is 2.61 bits per heavy atom. The fraction of sp³-hybridized carbons (Fsp3) is 0.571. The summed E-state index contributed by atoms with van der Waals surface area (Å²) < 4.78 is 16.8. The maximum absolute atomic E-state index is 8.82. The van der Waals surface area contributed by atoms with E-state index in [2.05, 4.69) is 0 Å². The van der Waals surface area contributed by atoms with Crippen LogP contribution in [-0.2, 0) is 15.9 Å². The Balaban J connectivity index is 1.80. The van der Waals surface area contributed by atoms with Gasteiger partial charge >= 0.3 is 0 Å². The average Bonchev–Trinajstić information content (AvgIpc) is 2.69. The van der Waals surface area contributed by atoms with Gasteiger partial charge in [0.2, 0.25) is 0 Å². The molecule has 1 saturated heterocycles. The van der Waals surface area contributed by atoms with Gasteiger partial charge < -0.3 is 19.3 Å². The van der Waals surface area contributed by atoms with Gasteiger partial charge in [0, 0.05) is 6.61 Å². The highest BCUT2D eigenvalue weighted by atomic mass is 16.7. The first-order valence-electron chi connectivity index (χ1n) is 6.23. The molecule has 2 rings (SSSR count). The minimum atomic E-state index is -0.501. The molecule has 0 saturated carbocycles. The number of aliphatic hydroxyl groups is 1. The van der Waals surface area contributed by atoms with Gasteiger partial charge in [0.15, 0.2) is 5.79 Å². The van der Waals surface area contributed by atoms with Crippen molar-refractivity contribution in [3.63, 3.8) is 0 Å². The van der Waals surface area contributed by atoms with E-state index in [4.69, 9.17) is 19.3 Å². The molecule has 0 aliphatic carbocycles. The molecule has 0 bridgehead atoms. The summed E-state index contributed by atoms with van der Waals surface area (Å²) >= 11 is 0. The van der Waals surface area contributed by atoms with E-state index < -0.39 is 5.79 Å². The average molecular weight is 252 g/mol. The molecule has 0 radical (unpaired) electrons. The quantitative estimate of drug-likeness (QED) is 0.867. The van der Waals surface area contributed by atoms with Crippen molar-refractivity contribution in [2.75, 3.05) is 19.8 Å². The number of hydrogen-bond donors (Lipinski definition) is 1. The predicted molar refractivity (Wildman–Crippen MR) is 67.6 cm³/mol. The standard InChI is InChI=1S/C14H20O4/c1-14(2)17-10-13(18-14)9-16-12-5-3-11(4-6-12)7-8-15/h3-6,13,15H,7-10H2,1-2H3. The Labute approximate surface area is 107 Å². The Morgan fingerprint density at radius 1 is 1.33 bits per heavy atom. The van der Waals surface area contributed by atoms with Crippen molar-refractivity contribution in [3.05, 3.63) is 29.8 Å². The fourth-order valence-electron chi connectivity index (χ4n) is 1.92. The molecule has 1 atom stereocenters. The largest absolute Gasteiger partial charge is 0.491 e. The summed E-state index contributed by atoms with van der Waals surface area (Å²) in [6.07, 6.45) is 0.658. The van der Waals surface area contributed by atoms with Crippen molar-refractivity contribution in [2.45, 2.75) is 32.2 Å². The number of hydrogen-bond acceptors (Lipinski definition) is 4. The molecule has 4 heteroatoms. The van der Waals surface area contributed by atoms with E-state index in [0.29, 0.717) is 19.6 Å². The second-order valence-electron chi connectivity index (χ2n) is 4.88. The summed E-state index contributed by atoms with van der Waals surface area (Å²) in [5, 5.41) is 8.82. The van der Waals surface area contributed by atoms with Crippen LogP contribution in [0.3, 0.4) is 0 Å². The zero-order valence-electron chi connectivity index (χ0n) is 10.9. The van der Waals surface area contributed by atoms with Crippen molar-refractivity contribution in [1.82, 2.24) is 0 Å². The van der Waals surface area contributed by atoms with Crippen LogP contribution in [0.25, 0.3) is 0 Å². The molecule has 1 aliphatic rings. The van der Waals surface area contributed by atoms with Crippen molar-refractivity contribution in [2.24, 2.45) is 0 Å². The third kappa shape index (κ3) is 3.70. The van der Waals surface area contributed by atoms with Gasteiger partial charge in [-0.3, -0.25) is 0 Å². The van der Waals surface area contributed by atoms with Gasteiger partial charge in [-0.2, -0.15) is 0 Å². The monoisotopic (exact) mass is 252 g/mol. The summed E-state index contributed by atoms with van der Waals surface area (Å²) in [6.45, 7) is 5.02. The van der Waals surface area contributed by atoms with E-state index in [-0.39, 0.29) is 12.7 Å². The Kier molecular flexibility index (Phi) is 4.22. The van der Waals surface area contributed by atoms with Crippen LogP contribution in [0.15, 0.2) is 24.3 Å². The van der Waals surface area contributed by atoms with E-state index in [0.717, 1.165) is 11.3 Å².